The molecule has 2 rings (SSSR count). The summed E-state index contributed by atoms with van der Waals surface area (Å²) in [5.74, 6) is 3.11. The van der Waals surface area contributed by atoms with Crippen LogP contribution in [-0.4, -0.2) is 112 Å². The molecule has 1 fully saturated rings. The fraction of sp³-hybridized carbons (Fsp3) is 0.739. The van der Waals surface area contributed by atoms with Crippen molar-refractivity contribution in [2.75, 3.05) is 92.1 Å². The van der Waals surface area contributed by atoms with Crippen LogP contribution >= 0.6 is 0 Å². The molecule has 0 unspecified atom stereocenters. The Kier molecular flexibility index (Phi) is 14.9. The van der Waals surface area contributed by atoms with Crippen LogP contribution < -0.4 is 5.73 Å². The molecule has 1 aromatic rings. The number of hydrogen-bond donors (Lipinski definition) is 1. The fourth-order valence-corrected chi connectivity index (χ4v) is 3.34. The topological polar surface area (TPSA) is 95.2 Å². The number of nitrogens with two attached hydrogens (primary N) is 1. The molecule has 32 heavy (non-hydrogen) atoms. The number of nitrogens with zero attached hydrogens (tertiary/aromatic N) is 4. The Morgan fingerprint density at radius 3 is 1.91 bits per heavy atom. The van der Waals surface area contributed by atoms with Gasteiger partial charge in [-0.1, -0.05) is 5.92 Å². The van der Waals surface area contributed by atoms with Crippen LogP contribution in [0.25, 0.3) is 0 Å². The summed E-state index contributed by atoms with van der Waals surface area (Å²) >= 11 is 0. The molecule has 0 spiro atoms. The monoisotopic (exact) mass is 449 g/mol. The number of ether oxygens (including phenoxy) is 4. The number of hydrogen-bond acceptors (Lipinski definition) is 9. The molecule has 0 bridgehead atoms. The highest BCUT2D eigenvalue weighted by atomic mass is 16.6. The highest BCUT2D eigenvalue weighted by Crippen LogP contribution is 2.06. The zero-order chi connectivity index (χ0) is 22.7. The summed E-state index contributed by atoms with van der Waals surface area (Å²) in [5, 5.41) is 0. The molecule has 2 heterocycles. The molecule has 1 aromatic heterocycles. The maximum absolute atomic E-state index is 5.69. The molecule has 0 radical (unpaired) electrons. The first-order valence-corrected chi connectivity index (χ1v) is 11.5. The summed E-state index contributed by atoms with van der Waals surface area (Å²) in [7, 11) is 0. The molecule has 1 aliphatic heterocycles. The van der Waals surface area contributed by atoms with E-state index in [4.69, 9.17) is 31.1 Å². The highest BCUT2D eigenvalue weighted by molar-refractivity contribution is 5.05. The van der Waals surface area contributed by atoms with Crippen LogP contribution in [0.1, 0.15) is 17.8 Å². The Labute approximate surface area is 192 Å². The van der Waals surface area contributed by atoms with Crippen LogP contribution in [0.3, 0.4) is 0 Å². The van der Waals surface area contributed by atoms with Crippen LogP contribution in [-0.2, 0) is 31.9 Å². The zero-order valence-electron chi connectivity index (χ0n) is 19.3. The van der Waals surface area contributed by atoms with Crippen LogP contribution in [0.5, 0.6) is 0 Å². The Morgan fingerprint density at radius 2 is 1.34 bits per heavy atom. The van der Waals surface area contributed by atoms with E-state index in [0.717, 1.165) is 58.7 Å². The van der Waals surface area contributed by atoms with Crippen molar-refractivity contribution in [3.63, 3.8) is 0 Å². The highest BCUT2D eigenvalue weighted by Gasteiger charge is 2.16. The van der Waals surface area contributed by atoms with Gasteiger partial charge in [-0.05, 0) is 24.9 Å². The molecular formula is C23H39N5O4. The van der Waals surface area contributed by atoms with Crippen molar-refractivity contribution < 1.29 is 18.9 Å². The average molecular weight is 450 g/mol. The van der Waals surface area contributed by atoms with Gasteiger partial charge in [-0.15, -0.1) is 6.42 Å². The van der Waals surface area contributed by atoms with Gasteiger partial charge >= 0.3 is 0 Å². The molecule has 0 atom stereocenters. The minimum atomic E-state index is 0.328. The number of aryl methyl sites for hydroxylation is 1. The van der Waals surface area contributed by atoms with Gasteiger partial charge in [-0.2, -0.15) is 0 Å². The lowest BCUT2D eigenvalue weighted by Gasteiger charge is -2.34. The van der Waals surface area contributed by atoms with E-state index in [2.05, 4.69) is 25.7 Å². The van der Waals surface area contributed by atoms with Gasteiger partial charge in [0.05, 0.1) is 52.8 Å². The normalized spacial score (nSPS) is 15.1. The van der Waals surface area contributed by atoms with Crippen molar-refractivity contribution in [3.05, 3.63) is 23.8 Å². The van der Waals surface area contributed by atoms with E-state index >= 15 is 0 Å². The number of terminal acetylenes is 1. The molecule has 180 valence electrons. The van der Waals surface area contributed by atoms with E-state index in [1.54, 1.807) is 0 Å². The summed E-state index contributed by atoms with van der Waals surface area (Å²) in [6, 6.07) is 0. The van der Waals surface area contributed by atoms with E-state index in [1.807, 2.05) is 12.4 Å². The second-order valence-electron chi connectivity index (χ2n) is 7.59. The van der Waals surface area contributed by atoms with Crippen LogP contribution in [0, 0.1) is 12.3 Å². The lowest BCUT2D eigenvalue weighted by atomic mass is 10.2. The van der Waals surface area contributed by atoms with Gasteiger partial charge in [-0.3, -0.25) is 4.90 Å². The summed E-state index contributed by atoms with van der Waals surface area (Å²) in [4.78, 5) is 13.5. The molecule has 9 heteroatoms. The molecule has 0 saturated carbocycles. The third-order valence-electron chi connectivity index (χ3n) is 5.20. The molecular weight excluding hydrogens is 410 g/mol. The van der Waals surface area contributed by atoms with Gasteiger partial charge in [-0.25, -0.2) is 9.97 Å². The van der Waals surface area contributed by atoms with Crippen molar-refractivity contribution in [2.24, 2.45) is 5.73 Å². The number of piperazine rings is 1. The quantitative estimate of drug-likeness (QED) is 0.249. The van der Waals surface area contributed by atoms with Gasteiger partial charge in [0, 0.05) is 45.1 Å². The van der Waals surface area contributed by atoms with Crippen molar-refractivity contribution in [1.29, 1.82) is 0 Å². The van der Waals surface area contributed by atoms with Crippen molar-refractivity contribution >= 4 is 0 Å². The molecule has 1 saturated heterocycles. The summed E-state index contributed by atoms with van der Waals surface area (Å²) in [5.41, 5.74) is 6.72. The van der Waals surface area contributed by atoms with Crippen LogP contribution in [0.2, 0.25) is 0 Å². The Morgan fingerprint density at radius 1 is 0.812 bits per heavy atom. The van der Waals surface area contributed by atoms with Gasteiger partial charge < -0.3 is 29.6 Å². The maximum atomic E-state index is 5.69. The van der Waals surface area contributed by atoms with E-state index < -0.39 is 0 Å². The molecule has 1 aliphatic rings. The largest absolute Gasteiger partial charge is 0.378 e. The van der Waals surface area contributed by atoms with Gasteiger partial charge in [0.15, 0.2) is 0 Å². The first-order chi connectivity index (χ1) is 15.8. The predicted octanol–water partition coefficient (Wildman–Crippen LogP) is 0.185. The molecule has 9 nitrogen and oxygen atoms in total. The van der Waals surface area contributed by atoms with E-state index in [-0.39, 0.29) is 0 Å². The van der Waals surface area contributed by atoms with Crippen molar-refractivity contribution in [3.8, 4) is 12.3 Å². The fourth-order valence-electron chi connectivity index (χ4n) is 3.34. The van der Waals surface area contributed by atoms with E-state index in [9.17, 15) is 0 Å². The molecule has 0 amide bonds. The standard InChI is InChI=1S/C23H39N5O4/c1-2-11-29-13-15-31-17-18-32-16-14-30-12-10-28-8-6-27(7-9-28)5-3-4-22-20-25-23(19-24)26-21-22/h1,20-21H,3-19,24H2. The SMILES string of the molecule is C#CCOCCOCCOCCOCCN1CCN(CCCc2cnc(CN)nc2)CC1. The van der Waals surface area contributed by atoms with Crippen molar-refractivity contribution in [1.82, 2.24) is 19.8 Å². The molecule has 2 N–H and O–H groups in total. The van der Waals surface area contributed by atoms with Gasteiger partial charge in [0.1, 0.15) is 12.4 Å². The smallest absolute Gasteiger partial charge is 0.141 e. The van der Waals surface area contributed by atoms with Crippen LogP contribution in [0.4, 0.5) is 0 Å². The summed E-state index contributed by atoms with van der Waals surface area (Å²) in [6.07, 6.45) is 11.0. The minimum absolute atomic E-state index is 0.328. The third kappa shape index (κ3) is 12.4. The number of aromatic nitrogens is 2. The summed E-state index contributed by atoms with van der Waals surface area (Å²) in [6.45, 7) is 11.3. The average Bonchev–Trinajstić information content (AvgIpc) is 2.83. The zero-order valence-corrected chi connectivity index (χ0v) is 19.3. The first-order valence-electron chi connectivity index (χ1n) is 11.5. The van der Waals surface area contributed by atoms with Gasteiger partial charge in [0.25, 0.3) is 0 Å². The number of rotatable bonds is 18. The minimum Gasteiger partial charge on any atom is -0.378 e. The summed E-state index contributed by atoms with van der Waals surface area (Å²) < 4.78 is 21.7. The second-order valence-corrected chi connectivity index (χ2v) is 7.59. The lowest BCUT2D eigenvalue weighted by molar-refractivity contribution is -0.00257. The Balaban J connectivity index is 1.36. The van der Waals surface area contributed by atoms with E-state index in [0.29, 0.717) is 58.6 Å². The molecule has 0 aliphatic carbocycles. The lowest BCUT2D eigenvalue weighted by Crippen LogP contribution is -2.47. The maximum Gasteiger partial charge on any atom is 0.141 e. The Bertz CT molecular complexity index is 618. The van der Waals surface area contributed by atoms with Crippen LogP contribution in [0.15, 0.2) is 12.4 Å². The second kappa shape index (κ2) is 17.9. The van der Waals surface area contributed by atoms with Gasteiger partial charge in [0.2, 0.25) is 0 Å². The molecule has 0 aromatic carbocycles. The van der Waals surface area contributed by atoms with E-state index in [1.165, 1.54) is 5.56 Å². The Hall–Kier alpha value is -1.64. The predicted molar refractivity (Wildman–Crippen MR) is 123 cm³/mol. The van der Waals surface area contributed by atoms with Crippen molar-refractivity contribution in [2.45, 2.75) is 19.4 Å². The first kappa shape index (κ1) is 26.6. The third-order valence-corrected chi connectivity index (χ3v) is 5.20.